The van der Waals surface area contributed by atoms with Crippen molar-refractivity contribution < 1.29 is 19.3 Å². The number of hydrogen-bond acceptors (Lipinski definition) is 5. The van der Waals surface area contributed by atoms with Crippen molar-refractivity contribution in [3.8, 4) is 11.5 Å². The van der Waals surface area contributed by atoms with E-state index in [4.69, 9.17) is 19.2 Å². The number of ether oxygens (including phenoxy) is 3. The van der Waals surface area contributed by atoms with Crippen LogP contribution in [0.5, 0.6) is 11.5 Å². The van der Waals surface area contributed by atoms with E-state index < -0.39 is 6.10 Å². The fourth-order valence-corrected chi connectivity index (χ4v) is 3.47. The Hall–Kier alpha value is -1.26. The lowest BCUT2D eigenvalue weighted by Gasteiger charge is -2.40. The van der Waals surface area contributed by atoms with Gasteiger partial charge in [0.2, 0.25) is 0 Å². The molecule has 2 rings (SSSR count). The number of methoxy groups -OCH3 is 3. The monoisotopic (exact) mass is 521 g/mol. The molecule has 0 aromatic heterocycles. The van der Waals surface area contributed by atoms with Crippen molar-refractivity contribution in [2.24, 2.45) is 10.4 Å². The summed E-state index contributed by atoms with van der Waals surface area (Å²) in [6.45, 7) is 4.65. The van der Waals surface area contributed by atoms with E-state index in [1.54, 1.807) is 33.5 Å². The summed E-state index contributed by atoms with van der Waals surface area (Å²) in [4.78, 5) is 4.77. The number of rotatable bonds is 11. The molecular formula is C21H36IN3O4. The zero-order chi connectivity index (χ0) is 20.4. The normalized spacial score (nSPS) is 16.2. The molecule has 7 nitrogen and oxygen atoms in total. The van der Waals surface area contributed by atoms with Crippen molar-refractivity contribution in [2.45, 2.75) is 38.7 Å². The number of guanidine groups is 1. The molecule has 0 heterocycles. The molecule has 1 atom stereocenters. The van der Waals surface area contributed by atoms with Crippen LogP contribution in [0.25, 0.3) is 0 Å². The Morgan fingerprint density at radius 1 is 1.21 bits per heavy atom. The highest BCUT2D eigenvalue weighted by Crippen LogP contribution is 2.44. The lowest BCUT2D eigenvalue weighted by molar-refractivity contribution is 0.0778. The highest BCUT2D eigenvalue weighted by Gasteiger charge is 2.36. The van der Waals surface area contributed by atoms with Gasteiger partial charge in [-0.2, -0.15) is 0 Å². The summed E-state index contributed by atoms with van der Waals surface area (Å²) in [5.74, 6) is 2.03. The van der Waals surface area contributed by atoms with Gasteiger partial charge in [0.05, 0.1) is 20.3 Å². The highest BCUT2D eigenvalue weighted by atomic mass is 127. The molecule has 1 aromatic rings. The van der Waals surface area contributed by atoms with Crippen LogP contribution in [0.3, 0.4) is 0 Å². The quantitative estimate of drug-likeness (QED) is 0.236. The van der Waals surface area contributed by atoms with Gasteiger partial charge in [0.1, 0.15) is 11.5 Å². The number of aliphatic imine (C=N–C) groups is 1. The number of aliphatic hydroxyl groups excluding tert-OH is 1. The average molecular weight is 521 g/mol. The third-order valence-electron chi connectivity index (χ3n) is 5.43. The van der Waals surface area contributed by atoms with Crippen LogP contribution >= 0.6 is 24.0 Å². The molecule has 0 radical (unpaired) electrons. The predicted molar refractivity (Wildman–Crippen MR) is 127 cm³/mol. The molecule has 0 amide bonds. The van der Waals surface area contributed by atoms with Crippen LogP contribution in [-0.2, 0) is 4.74 Å². The van der Waals surface area contributed by atoms with E-state index in [1.165, 1.54) is 19.3 Å². The van der Waals surface area contributed by atoms with Crippen molar-refractivity contribution >= 4 is 29.9 Å². The first-order valence-corrected chi connectivity index (χ1v) is 9.98. The summed E-state index contributed by atoms with van der Waals surface area (Å²) in [7, 11) is 4.94. The van der Waals surface area contributed by atoms with Gasteiger partial charge >= 0.3 is 0 Å². The minimum atomic E-state index is -0.750. The van der Waals surface area contributed by atoms with Gasteiger partial charge < -0.3 is 30.0 Å². The van der Waals surface area contributed by atoms with Crippen LogP contribution in [0, 0.1) is 5.41 Å². The Morgan fingerprint density at radius 2 is 1.97 bits per heavy atom. The molecule has 3 N–H and O–H groups in total. The van der Waals surface area contributed by atoms with Gasteiger partial charge in [0.15, 0.2) is 5.96 Å². The number of nitrogens with zero attached hydrogens (tertiary/aromatic N) is 1. The van der Waals surface area contributed by atoms with Gasteiger partial charge in [-0.15, -0.1) is 24.0 Å². The van der Waals surface area contributed by atoms with Gasteiger partial charge in [-0.1, -0.05) is 6.42 Å². The second kappa shape index (κ2) is 13.1. The van der Waals surface area contributed by atoms with E-state index in [1.807, 2.05) is 13.0 Å². The molecule has 1 unspecified atom stereocenters. The minimum Gasteiger partial charge on any atom is -0.497 e. The molecule has 0 bridgehead atoms. The molecule has 8 heteroatoms. The summed E-state index contributed by atoms with van der Waals surface area (Å²) in [5.41, 5.74) is 0.938. The van der Waals surface area contributed by atoms with Crippen molar-refractivity contribution in [3.63, 3.8) is 0 Å². The third-order valence-corrected chi connectivity index (χ3v) is 5.43. The van der Waals surface area contributed by atoms with Crippen LogP contribution < -0.4 is 20.1 Å². The van der Waals surface area contributed by atoms with Gasteiger partial charge in [0.25, 0.3) is 0 Å². The standard InChI is InChI=1S/C21H35N3O4.HI/c1-5-22-20(24-15-21(9-6-10-21)11-12-26-2)23-14-18(25)17-13-16(27-3)7-8-19(17)28-4;/h7-8,13,18,25H,5-6,9-12,14-15H2,1-4H3,(H2,22,23,24);1H. The van der Waals surface area contributed by atoms with Crippen LogP contribution in [0.4, 0.5) is 0 Å². The number of halogens is 1. The van der Waals surface area contributed by atoms with E-state index >= 15 is 0 Å². The van der Waals surface area contributed by atoms with Gasteiger partial charge in [-0.3, -0.25) is 4.99 Å². The third kappa shape index (κ3) is 7.49. The number of nitrogens with one attached hydrogen (secondary N) is 2. The summed E-state index contributed by atoms with van der Waals surface area (Å²) < 4.78 is 15.9. The van der Waals surface area contributed by atoms with Crippen molar-refractivity contribution in [1.82, 2.24) is 10.6 Å². The summed E-state index contributed by atoms with van der Waals surface area (Å²) in [5, 5.41) is 17.2. The van der Waals surface area contributed by atoms with Gasteiger partial charge in [-0.05, 0) is 49.8 Å². The lowest BCUT2D eigenvalue weighted by Crippen LogP contribution is -2.41. The van der Waals surface area contributed by atoms with Crippen LogP contribution in [0.15, 0.2) is 23.2 Å². The lowest BCUT2D eigenvalue weighted by atomic mass is 9.67. The Labute approximate surface area is 191 Å². The first kappa shape index (κ1) is 25.8. The Balaban J connectivity index is 0.00000420. The molecule has 0 spiro atoms. The van der Waals surface area contributed by atoms with Crippen molar-refractivity contribution in [3.05, 3.63) is 23.8 Å². The molecular weight excluding hydrogens is 485 g/mol. The Bertz CT molecular complexity index is 638. The number of aliphatic hydroxyl groups is 1. The molecule has 1 fully saturated rings. The fourth-order valence-electron chi connectivity index (χ4n) is 3.47. The predicted octanol–water partition coefficient (Wildman–Crippen LogP) is 3.12. The number of hydrogen-bond donors (Lipinski definition) is 3. The summed E-state index contributed by atoms with van der Waals surface area (Å²) in [6.07, 6.45) is 3.94. The zero-order valence-corrected chi connectivity index (χ0v) is 20.3. The maximum Gasteiger partial charge on any atom is 0.191 e. The van der Waals surface area contributed by atoms with Gasteiger partial charge in [-0.25, -0.2) is 0 Å². The molecule has 29 heavy (non-hydrogen) atoms. The van der Waals surface area contributed by atoms with Gasteiger partial charge in [0, 0.05) is 38.9 Å². The van der Waals surface area contributed by atoms with E-state index in [0.29, 0.717) is 29.6 Å². The second-order valence-corrected chi connectivity index (χ2v) is 7.30. The largest absolute Gasteiger partial charge is 0.497 e. The first-order valence-electron chi connectivity index (χ1n) is 9.98. The molecule has 0 saturated heterocycles. The summed E-state index contributed by atoms with van der Waals surface area (Å²) >= 11 is 0. The topological polar surface area (TPSA) is 84.3 Å². The molecule has 1 aromatic carbocycles. The molecule has 1 aliphatic carbocycles. The molecule has 1 aliphatic rings. The number of benzene rings is 1. The van der Waals surface area contributed by atoms with Crippen LogP contribution in [0.1, 0.15) is 44.3 Å². The second-order valence-electron chi connectivity index (χ2n) is 7.30. The van der Waals surface area contributed by atoms with E-state index in [9.17, 15) is 5.11 Å². The SMILES string of the molecule is CCNC(=NCC1(CCOC)CCC1)NCC(O)c1cc(OC)ccc1OC.I. The average Bonchev–Trinajstić information content (AvgIpc) is 2.69. The maximum absolute atomic E-state index is 10.7. The first-order chi connectivity index (χ1) is 13.6. The van der Waals surface area contributed by atoms with E-state index in [2.05, 4.69) is 10.6 Å². The van der Waals surface area contributed by atoms with Crippen LogP contribution in [0.2, 0.25) is 0 Å². The van der Waals surface area contributed by atoms with E-state index in [0.717, 1.165) is 26.1 Å². The van der Waals surface area contributed by atoms with Crippen molar-refractivity contribution in [1.29, 1.82) is 0 Å². The Morgan fingerprint density at radius 3 is 2.52 bits per heavy atom. The van der Waals surface area contributed by atoms with Crippen molar-refractivity contribution in [2.75, 3.05) is 47.6 Å². The Kier molecular flexibility index (Phi) is 11.7. The fraction of sp³-hybridized carbons (Fsp3) is 0.667. The molecule has 0 aliphatic heterocycles. The van der Waals surface area contributed by atoms with Crippen LogP contribution in [-0.4, -0.2) is 58.6 Å². The molecule has 166 valence electrons. The maximum atomic E-state index is 10.7. The smallest absolute Gasteiger partial charge is 0.191 e. The van der Waals surface area contributed by atoms with E-state index in [-0.39, 0.29) is 29.4 Å². The summed E-state index contributed by atoms with van der Waals surface area (Å²) in [6, 6.07) is 5.41. The molecule has 1 saturated carbocycles. The minimum absolute atomic E-state index is 0. The zero-order valence-electron chi connectivity index (χ0n) is 18.0. The highest BCUT2D eigenvalue weighted by molar-refractivity contribution is 14.0.